The third kappa shape index (κ3) is 3.75. The zero-order valence-corrected chi connectivity index (χ0v) is 13.1. The third-order valence-corrected chi connectivity index (χ3v) is 5.78. The van der Waals surface area contributed by atoms with Crippen molar-refractivity contribution in [1.82, 2.24) is 9.29 Å². The maximum Gasteiger partial charge on any atom is 0.358 e. The number of carboxylic acid groups (broad SMARTS) is 1. The largest absolute Gasteiger partial charge is 0.476 e. The van der Waals surface area contributed by atoms with E-state index in [0.29, 0.717) is 44.5 Å². The van der Waals surface area contributed by atoms with Crippen LogP contribution in [0, 0.1) is 0 Å². The van der Waals surface area contributed by atoms with Crippen molar-refractivity contribution < 1.29 is 22.7 Å². The van der Waals surface area contributed by atoms with Crippen molar-refractivity contribution in [2.75, 3.05) is 18.8 Å². The number of rotatable bonds is 7. The summed E-state index contributed by atoms with van der Waals surface area (Å²) in [5.74, 6) is -0.764. The maximum absolute atomic E-state index is 12.2. The van der Waals surface area contributed by atoms with E-state index in [1.807, 2.05) is 0 Å². The second kappa shape index (κ2) is 7.06. The van der Waals surface area contributed by atoms with Crippen LogP contribution in [-0.2, 0) is 10.0 Å². The zero-order valence-electron chi connectivity index (χ0n) is 12.3. The van der Waals surface area contributed by atoms with E-state index >= 15 is 0 Å². The molecule has 1 aromatic heterocycles. The first-order valence-electron chi connectivity index (χ1n) is 7.21. The number of aromatic carboxylic acids is 1. The van der Waals surface area contributed by atoms with Crippen LogP contribution in [0.1, 0.15) is 47.8 Å². The monoisotopic (exact) mass is 328 g/mol. The lowest BCUT2D eigenvalue weighted by molar-refractivity contribution is 0.0687. The van der Waals surface area contributed by atoms with Gasteiger partial charge in [-0.05, 0) is 25.7 Å². The van der Waals surface area contributed by atoms with E-state index in [2.05, 4.69) is 11.6 Å². The van der Waals surface area contributed by atoms with Crippen LogP contribution in [0.5, 0.6) is 0 Å². The molecule has 1 aliphatic heterocycles. The van der Waals surface area contributed by atoms with E-state index in [0.717, 1.165) is 6.39 Å². The predicted molar refractivity (Wildman–Crippen MR) is 80.2 cm³/mol. The number of unbranched alkanes of at least 4 members (excludes halogenated alkanes) is 1. The molecule has 0 amide bonds. The van der Waals surface area contributed by atoms with Gasteiger partial charge < -0.3 is 9.52 Å². The van der Waals surface area contributed by atoms with Gasteiger partial charge in [-0.3, -0.25) is 0 Å². The molecule has 7 nitrogen and oxygen atoms in total. The average molecular weight is 328 g/mol. The Morgan fingerprint density at radius 3 is 2.77 bits per heavy atom. The number of allylic oxidation sites excluding steroid dienone is 1. The normalized spacial score (nSPS) is 17.5. The van der Waals surface area contributed by atoms with Crippen LogP contribution >= 0.6 is 0 Å². The van der Waals surface area contributed by atoms with Crippen molar-refractivity contribution in [3.05, 3.63) is 30.5 Å². The molecule has 0 saturated carbocycles. The van der Waals surface area contributed by atoms with E-state index in [-0.39, 0.29) is 17.4 Å². The number of sulfonamides is 1. The summed E-state index contributed by atoms with van der Waals surface area (Å²) in [6.45, 7) is 4.33. The minimum absolute atomic E-state index is 0.0766. The van der Waals surface area contributed by atoms with Crippen molar-refractivity contribution in [3.63, 3.8) is 0 Å². The van der Waals surface area contributed by atoms with Crippen molar-refractivity contribution in [1.29, 1.82) is 0 Å². The second-order valence-electron chi connectivity index (χ2n) is 5.29. The minimum atomic E-state index is -3.25. The lowest BCUT2D eigenvalue weighted by Gasteiger charge is -2.30. The minimum Gasteiger partial charge on any atom is -0.476 e. The molecule has 0 bridgehead atoms. The van der Waals surface area contributed by atoms with Crippen LogP contribution in [-0.4, -0.2) is 47.6 Å². The topological polar surface area (TPSA) is 101 Å². The fourth-order valence-electron chi connectivity index (χ4n) is 2.64. The number of aromatic nitrogens is 1. The number of oxazole rings is 1. The Morgan fingerprint density at radius 1 is 1.50 bits per heavy atom. The van der Waals surface area contributed by atoms with Gasteiger partial charge in [-0.2, -0.15) is 0 Å². The Bertz CT molecular complexity index is 629. The first-order valence-corrected chi connectivity index (χ1v) is 8.82. The van der Waals surface area contributed by atoms with E-state index < -0.39 is 16.0 Å². The van der Waals surface area contributed by atoms with Crippen LogP contribution in [0.15, 0.2) is 23.5 Å². The summed E-state index contributed by atoms with van der Waals surface area (Å²) in [6.07, 6.45) is 5.15. The molecule has 122 valence electrons. The Kier molecular flexibility index (Phi) is 5.36. The summed E-state index contributed by atoms with van der Waals surface area (Å²) in [7, 11) is -3.25. The van der Waals surface area contributed by atoms with Crippen molar-refractivity contribution in [2.45, 2.75) is 31.6 Å². The molecular weight excluding hydrogens is 308 g/mol. The molecule has 1 N–H and O–H groups in total. The molecule has 0 unspecified atom stereocenters. The van der Waals surface area contributed by atoms with Gasteiger partial charge in [0.2, 0.25) is 10.0 Å². The van der Waals surface area contributed by atoms with Crippen LogP contribution in [0.25, 0.3) is 0 Å². The summed E-state index contributed by atoms with van der Waals surface area (Å²) in [6, 6.07) is 0. The Hall–Kier alpha value is -1.67. The van der Waals surface area contributed by atoms with Crippen molar-refractivity contribution in [2.24, 2.45) is 0 Å². The number of nitrogens with zero attached hydrogens (tertiary/aromatic N) is 2. The van der Waals surface area contributed by atoms with Gasteiger partial charge in [0.1, 0.15) is 5.76 Å². The molecule has 2 heterocycles. The SMILES string of the molecule is C=CCCCS(=O)(=O)N1CCC(c2ocnc2C(=O)O)CC1. The lowest BCUT2D eigenvalue weighted by atomic mass is 9.94. The van der Waals surface area contributed by atoms with E-state index in [1.54, 1.807) is 6.08 Å². The number of hydrogen-bond donors (Lipinski definition) is 1. The molecule has 1 aliphatic rings. The average Bonchev–Trinajstić information content (AvgIpc) is 2.97. The van der Waals surface area contributed by atoms with Gasteiger partial charge in [0.15, 0.2) is 12.1 Å². The molecule has 1 aromatic rings. The second-order valence-corrected chi connectivity index (χ2v) is 7.38. The first kappa shape index (κ1) is 16.7. The highest BCUT2D eigenvalue weighted by Crippen LogP contribution is 2.31. The molecule has 0 radical (unpaired) electrons. The van der Waals surface area contributed by atoms with Gasteiger partial charge in [0, 0.05) is 19.0 Å². The summed E-state index contributed by atoms with van der Waals surface area (Å²) < 4.78 is 31.1. The number of carboxylic acids is 1. The van der Waals surface area contributed by atoms with Gasteiger partial charge in [-0.15, -0.1) is 6.58 Å². The predicted octanol–water partition coefficient (Wildman–Crippen LogP) is 1.85. The molecule has 0 atom stereocenters. The van der Waals surface area contributed by atoms with Crippen LogP contribution in [0.4, 0.5) is 0 Å². The van der Waals surface area contributed by atoms with Crippen molar-refractivity contribution in [3.8, 4) is 0 Å². The Balaban J connectivity index is 1.97. The molecule has 1 saturated heterocycles. The van der Waals surface area contributed by atoms with Crippen LogP contribution in [0.3, 0.4) is 0 Å². The summed E-state index contributed by atoms with van der Waals surface area (Å²) in [4.78, 5) is 14.8. The van der Waals surface area contributed by atoms with Gasteiger partial charge in [-0.1, -0.05) is 6.08 Å². The molecule has 8 heteroatoms. The lowest BCUT2D eigenvalue weighted by Crippen LogP contribution is -2.39. The molecule has 0 spiro atoms. The first-order chi connectivity index (χ1) is 10.5. The zero-order chi connectivity index (χ0) is 16.2. The number of carbonyl (C=O) groups is 1. The highest BCUT2D eigenvalue weighted by atomic mass is 32.2. The molecule has 0 aromatic carbocycles. The fraction of sp³-hybridized carbons (Fsp3) is 0.571. The van der Waals surface area contributed by atoms with Crippen LogP contribution in [0.2, 0.25) is 0 Å². The van der Waals surface area contributed by atoms with E-state index in [4.69, 9.17) is 9.52 Å². The third-order valence-electron chi connectivity index (χ3n) is 3.83. The highest BCUT2D eigenvalue weighted by Gasteiger charge is 2.32. The van der Waals surface area contributed by atoms with Gasteiger partial charge >= 0.3 is 5.97 Å². The van der Waals surface area contributed by atoms with Crippen molar-refractivity contribution >= 4 is 16.0 Å². The van der Waals surface area contributed by atoms with Gasteiger partial charge in [0.25, 0.3) is 0 Å². The molecular formula is C14H20N2O5S. The molecule has 2 rings (SSSR count). The molecule has 22 heavy (non-hydrogen) atoms. The smallest absolute Gasteiger partial charge is 0.358 e. The van der Waals surface area contributed by atoms with E-state index in [9.17, 15) is 13.2 Å². The maximum atomic E-state index is 12.2. The molecule has 0 aliphatic carbocycles. The van der Waals surface area contributed by atoms with E-state index in [1.165, 1.54) is 4.31 Å². The Labute approximate surface area is 129 Å². The standard InChI is InChI=1S/C14H20N2O5S/c1-2-3-4-9-22(19,20)16-7-5-11(6-8-16)13-12(14(17)18)15-10-21-13/h2,10-11H,1,3-9H2,(H,17,18). The van der Waals surface area contributed by atoms with Gasteiger partial charge in [0.05, 0.1) is 5.75 Å². The van der Waals surface area contributed by atoms with Crippen LogP contribution < -0.4 is 0 Å². The summed E-state index contributed by atoms with van der Waals surface area (Å²) in [5.41, 5.74) is -0.0766. The molecule has 1 fully saturated rings. The summed E-state index contributed by atoms with van der Waals surface area (Å²) >= 11 is 0. The number of hydrogen-bond acceptors (Lipinski definition) is 5. The fourth-order valence-corrected chi connectivity index (χ4v) is 4.20. The highest BCUT2D eigenvalue weighted by molar-refractivity contribution is 7.89. The summed E-state index contributed by atoms with van der Waals surface area (Å²) in [5, 5.41) is 9.05. The Morgan fingerprint density at radius 2 is 2.18 bits per heavy atom. The number of piperidine rings is 1. The van der Waals surface area contributed by atoms with Gasteiger partial charge in [-0.25, -0.2) is 22.5 Å². The quantitative estimate of drug-likeness (QED) is 0.605.